The van der Waals surface area contributed by atoms with Crippen molar-refractivity contribution in [3.05, 3.63) is 212 Å². The Morgan fingerprint density at radius 1 is 0.509 bits per heavy atom. The number of aromatic nitrogens is 1. The quantitative estimate of drug-likeness (QED) is 0.172. The maximum atomic E-state index is 6.61. The number of anilines is 3. The van der Waals surface area contributed by atoms with Gasteiger partial charge in [0.05, 0.1) is 22.4 Å². The van der Waals surface area contributed by atoms with Crippen LogP contribution in [0.4, 0.5) is 17.1 Å². The summed E-state index contributed by atoms with van der Waals surface area (Å²) in [4.78, 5) is 2.40. The Kier molecular flexibility index (Phi) is 7.31. The lowest BCUT2D eigenvalue weighted by Gasteiger charge is -2.29. The fourth-order valence-electron chi connectivity index (χ4n) is 8.82. The number of furan rings is 1. The SMILES string of the molecule is C1=CC2C=Cc3c(oc4cccc(-c5ccc(N(c6cccc(-c7ccccc7)c6)c6ccccc6-n6c7ccccc7c7ccccc76)cc5)c34)C2C=C1. The maximum Gasteiger partial charge on any atom is 0.135 e. The van der Waals surface area contributed by atoms with Crippen molar-refractivity contribution in [2.75, 3.05) is 4.90 Å². The largest absolute Gasteiger partial charge is 0.460 e. The van der Waals surface area contributed by atoms with Gasteiger partial charge in [-0.3, -0.25) is 0 Å². The number of fused-ring (bicyclic) bond motifs is 8. The van der Waals surface area contributed by atoms with E-state index in [4.69, 9.17) is 4.42 Å². The zero-order chi connectivity index (χ0) is 36.3. The summed E-state index contributed by atoms with van der Waals surface area (Å²) in [5.41, 5.74) is 13.5. The van der Waals surface area contributed by atoms with Crippen LogP contribution in [0.3, 0.4) is 0 Å². The van der Waals surface area contributed by atoms with Crippen molar-refractivity contribution in [1.29, 1.82) is 0 Å². The second-order valence-corrected chi connectivity index (χ2v) is 14.4. The van der Waals surface area contributed by atoms with Gasteiger partial charge in [-0.2, -0.15) is 0 Å². The first-order valence-electron chi connectivity index (χ1n) is 19.0. The lowest BCUT2D eigenvalue weighted by Crippen LogP contribution is -2.13. The van der Waals surface area contributed by atoms with Crippen LogP contribution in [0.25, 0.3) is 66.8 Å². The highest BCUT2D eigenvalue weighted by molar-refractivity contribution is 6.10. The Labute approximate surface area is 320 Å². The molecular formula is C52H36N2O. The average Bonchev–Trinajstić information content (AvgIpc) is 3.81. The molecule has 260 valence electrons. The minimum atomic E-state index is 0.224. The third-order valence-corrected chi connectivity index (χ3v) is 11.3. The number of rotatable bonds is 6. The summed E-state index contributed by atoms with van der Waals surface area (Å²) in [7, 11) is 0. The van der Waals surface area contributed by atoms with Gasteiger partial charge in [-0.25, -0.2) is 0 Å². The van der Waals surface area contributed by atoms with E-state index >= 15 is 0 Å². The van der Waals surface area contributed by atoms with Crippen molar-refractivity contribution in [1.82, 2.24) is 4.57 Å². The van der Waals surface area contributed by atoms with Crippen molar-refractivity contribution < 1.29 is 4.42 Å². The first kappa shape index (κ1) is 31.4. The Hall–Kier alpha value is -7.10. The Bertz CT molecular complexity index is 2940. The molecule has 3 nitrogen and oxygen atoms in total. The molecule has 0 aliphatic heterocycles. The van der Waals surface area contributed by atoms with E-state index < -0.39 is 0 Å². The number of nitrogens with zero attached hydrogens (tertiary/aromatic N) is 2. The van der Waals surface area contributed by atoms with Crippen molar-refractivity contribution >= 4 is 55.9 Å². The number of hydrogen-bond acceptors (Lipinski definition) is 2. The van der Waals surface area contributed by atoms with E-state index in [1.54, 1.807) is 0 Å². The second-order valence-electron chi connectivity index (χ2n) is 14.4. The smallest absolute Gasteiger partial charge is 0.135 e. The van der Waals surface area contributed by atoms with E-state index in [1.165, 1.54) is 49.4 Å². The molecular weight excluding hydrogens is 669 g/mol. The standard InChI is InChI=1S/C52H36N2O/c1-2-14-35(15-3-1)38-17-12-18-40(34-38)53(48-25-10-11-26-49(48)54-46-23-8-6-20-43(46)44-21-7-9-24-47(44)54)39-31-28-37(29-32-39)41-22-13-27-50-51(41)45-33-30-36-16-4-5-19-42(36)52(45)55-50/h1-34,36,42H. The molecule has 0 saturated heterocycles. The van der Waals surface area contributed by atoms with Gasteiger partial charge in [0.2, 0.25) is 0 Å². The summed E-state index contributed by atoms with van der Waals surface area (Å²) >= 11 is 0. The molecule has 2 aliphatic carbocycles. The lowest BCUT2D eigenvalue weighted by molar-refractivity contribution is 0.492. The third-order valence-electron chi connectivity index (χ3n) is 11.3. The number of benzene rings is 7. The van der Waals surface area contributed by atoms with E-state index in [1.807, 2.05) is 0 Å². The summed E-state index contributed by atoms with van der Waals surface area (Å²) in [6.07, 6.45) is 13.4. The zero-order valence-electron chi connectivity index (χ0n) is 30.1. The molecule has 3 heteroatoms. The van der Waals surface area contributed by atoms with Gasteiger partial charge in [0, 0.05) is 44.9 Å². The van der Waals surface area contributed by atoms with E-state index in [-0.39, 0.29) is 5.92 Å². The molecule has 0 amide bonds. The maximum absolute atomic E-state index is 6.61. The van der Waals surface area contributed by atoms with Gasteiger partial charge in [-0.15, -0.1) is 0 Å². The van der Waals surface area contributed by atoms with Crippen LogP contribution in [0, 0.1) is 5.92 Å². The fraction of sp³-hybridized carbons (Fsp3) is 0.0385. The molecule has 2 atom stereocenters. The Morgan fingerprint density at radius 2 is 1.20 bits per heavy atom. The van der Waals surface area contributed by atoms with Crippen molar-refractivity contribution in [2.45, 2.75) is 5.92 Å². The van der Waals surface area contributed by atoms with E-state index in [9.17, 15) is 0 Å². The topological polar surface area (TPSA) is 21.3 Å². The molecule has 2 unspecified atom stereocenters. The van der Waals surface area contributed by atoms with E-state index in [2.05, 4.69) is 216 Å². The second kappa shape index (κ2) is 12.8. The molecule has 9 aromatic rings. The van der Waals surface area contributed by atoms with Crippen LogP contribution in [0.5, 0.6) is 0 Å². The van der Waals surface area contributed by atoms with Gasteiger partial charge >= 0.3 is 0 Å². The van der Waals surface area contributed by atoms with Gasteiger partial charge in [-0.05, 0) is 76.9 Å². The van der Waals surface area contributed by atoms with Gasteiger partial charge in [-0.1, -0.05) is 152 Å². The van der Waals surface area contributed by atoms with Gasteiger partial charge < -0.3 is 13.9 Å². The average molecular weight is 705 g/mol. The minimum absolute atomic E-state index is 0.224. The molecule has 2 heterocycles. The van der Waals surface area contributed by atoms with Gasteiger partial charge in [0.15, 0.2) is 0 Å². The third kappa shape index (κ3) is 5.12. The lowest BCUT2D eigenvalue weighted by atomic mass is 9.80. The highest BCUT2D eigenvalue weighted by Crippen LogP contribution is 2.47. The summed E-state index contributed by atoms with van der Waals surface area (Å²) in [5.74, 6) is 1.61. The summed E-state index contributed by atoms with van der Waals surface area (Å²) in [5, 5.41) is 3.66. The molecule has 0 fully saturated rings. The Balaban J connectivity index is 1.09. The molecule has 55 heavy (non-hydrogen) atoms. The zero-order valence-corrected chi connectivity index (χ0v) is 30.1. The van der Waals surface area contributed by atoms with E-state index in [0.717, 1.165) is 39.7 Å². The van der Waals surface area contributed by atoms with Crippen LogP contribution in [0.15, 0.2) is 205 Å². The van der Waals surface area contributed by atoms with Crippen molar-refractivity contribution in [3.63, 3.8) is 0 Å². The number of para-hydroxylation sites is 4. The molecule has 7 aromatic carbocycles. The number of hydrogen-bond donors (Lipinski definition) is 0. The first-order valence-corrected chi connectivity index (χ1v) is 19.0. The van der Waals surface area contributed by atoms with Gasteiger partial charge in [0.25, 0.3) is 0 Å². The van der Waals surface area contributed by atoms with Crippen LogP contribution in [0.1, 0.15) is 17.2 Å². The Morgan fingerprint density at radius 3 is 2.02 bits per heavy atom. The highest BCUT2D eigenvalue weighted by Gasteiger charge is 2.30. The van der Waals surface area contributed by atoms with Crippen LogP contribution >= 0.6 is 0 Å². The van der Waals surface area contributed by atoms with Crippen molar-refractivity contribution in [2.24, 2.45) is 5.92 Å². The fourth-order valence-corrected chi connectivity index (χ4v) is 8.82. The molecule has 0 saturated carbocycles. The monoisotopic (exact) mass is 704 g/mol. The molecule has 2 aliphatic rings. The molecule has 0 N–H and O–H groups in total. The van der Waals surface area contributed by atoms with Crippen LogP contribution < -0.4 is 4.90 Å². The van der Waals surface area contributed by atoms with Crippen LogP contribution in [-0.4, -0.2) is 4.57 Å². The predicted molar refractivity (Wildman–Crippen MR) is 230 cm³/mol. The van der Waals surface area contributed by atoms with Crippen LogP contribution in [-0.2, 0) is 0 Å². The number of allylic oxidation sites excluding steroid dienone is 5. The van der Waals surface area contributed by atoms with Crippen LogP contribution in [0.2, 0.25) is 0 Å². The molecule has 0 spiro atoms. The van der Waals surface area contributed by atoms with Crippen molar-refractivity contribution in [3.8, 4) is 27.9 Å². The van der Waals surface area contributed by atoms with Gasteiger partial charge in [0.1, 0.15) is 11.3 Å². The molecule has 0 bridgehead atoms. The molecule has 2 aromatic heterocycles. The predicted octanol–water partition coefficient (Wildman–Crippen LogP) is 14.2. The minimum Gasteiger partial charge on any atom is -0.460 e. The summed E-state index contributed by atoms with van der Waals surface area (Å²) in [6.45, 7) is 0. The molecule has 0 radical (unpaired) electrons. The first-order chi connectivity index (χ1) is 27.3. The highest BCUT2D eigenvalue weighted by atomic mass is 16.3. The van der Waals surface area contributed by atoms with E-state index in [0.29, 0.717) is 5.92 Å². The summed E-state index contributed by atoms with van der Waals surface area (Å²) < 4.78 is 9.03. The molecule has 11 rings (SSSR count). The normalized spacial score (nSPS) is 15.8. The summed E-state index contributed by atoms with van der Waals surface area (Å²) in [6, 6.07) is 61.2.